The molecule has 1 aliphatic carbocycles. The van der Waals surface area contributed by atoms with Crippen LogP contribution >= 0.6 is 11.3 Å². The predicted octanol–water partition coefficient (Wildman–Crippen LogP) is 4.85. The third-order valence-corrected chi connectivity index (χ3v) is 8.20. The third-order valence-electron chi connectivity index (χ3n) is 7.15. The second-order valence-corrected chi connectivity index (χ2v) is 11.7. The van der Waals surface area contributed by atoms with Crippen LogP contribution in [0.3, 0.4) is 0 Å². The number of hydrogen-bond acceptors (Lipinski definition) is 6. The molecule has 9 heteroatoms. The van der Waals surface area contributed by atoms with E-state index in [2.05, 4.69) is 47.7 Å². The zero-order chi connectivity index (χ0) is 26.2. The molecule has 0 radical (unpaired) electrons. The van der Waals surface area contributed by atoms with Gasteiger partial charge in [0.2, 0.25) is 0 Å². The summed E-state index contributed by atoms with van der Waals surface area (Å²) >= 11 is 1.41. The number of hydrogen-bond donors (Lipinski definition) is 4. The molecule has 3 aromatic heterocycles. The Morgan fingerprint density at radius 2 is 2.03 bits per heavy atom. The van der Waals surface area contributed by atoms with E-state index in [-0.39, 0.29) is 23.8 Å². The highest BCUT2D eigenvalue weighted by Crippen LogP contribution is 2.38. The van der Waals surface area contributed by atoms with Crippen molar-refractivity contribution >= 4 is 39.1 Å². The number of rotatable bonds is 6. The van der Waals surface area contributed by atoms with Gasteiger partial charge >= 0.3 is 0 Å². The highest BCUT2D eigenvalue weighted by molar-refractivity contribution is 7.20. The van der Waals surface area contributed by atoms with E-state index in [1.54, 1.807) is 12.1 Å². The maximum atomic E-state index is 13.2. The number of anilines is 1. The molecule has 0 fully saturated rings. The summed E-state index contributed by atoms with van der Waals surface area (Å²) in [5.41, 5.74) is 10.6. The molecule has 2 atom stereocenters. The number of thiophene rings is 1. The molecular weight excluding hydrogens is 484 g/mol. The first kappa shape index (κ1) is 25.1. The molecule has 2 amide bonds. The number of amides is 2. The Labute approximate surface area is 220 Å². The number of pyridine rings is 1. The Morgan fingerprint density at radius 3 is 2.76 bits per heavy atom. The fourth-order valence-corrected chi connectivity index (χ4v) is 5.83. The maximum Gasteiger partial charge on any atom is 0.273 e. The zero-order valence-corrected chi connectivity index (χ0v) is 22.1. The summed E-state index contributed by atoms with van der Waals surface area (Å²) < 4.78 is 0. The van der Waals surface area contributed by atoms with Crippen molar-refractivity contribution in [2.75, 3.05) is 11.9 Å². The SMILES string of the molecule is CC(C)(C)[C@@H]1CCc2nc3sc(C(=O)N[C@H](CN)c4cccc(NC(=O)c5ccn[nH]5)c4)cc3cc2C1. The molecule has 37 heavy (non-hydrogen) atoms. The van der Waals surface area contributed by atoms with Crippen molar-refractivity contribution in [3.8, 4) is 0 Å². The van der Waals surface area contributed by atoms with E-state index in [9.17, 15) is 9.59 Å². The quantitative estimate of drug-likeness (QED) is 0.291. The Hall–Kier alpha value is -3.56. The molecule has 8 nitrogen and oxygen atoms in total. The molecular formula is C28H32N6O2S. The number of fused-ring (bicyclic) bond motifs is 2. The van der Waals surface area contributed by atoms with Crippen molar-refractivity contribution in [2.24, 2.45) is 17.1 Å². The normalized spacial score (nSPS) is 16.3. The molecule has 1 aliphatic rings. The Morgan fingerprint density at radius 1 is 1.19 bits per heavy atom. The molecule has 5 rings (SSSR count). The van der Waals surface area contributed by atoms with Gasteiger partial charge in [-0.25, -0.2) is 4.98 Å². The van der Waals surface area contributed by atoms with Gasteiger partial charge in [0.15, 0.2) is 0 Å². The van der Waals surface area contributed by atoms with E-state index < -0.39 is 6.04 Å². The van der Waals surface area contributed by atoms with Crippen molar-refractivity contribution in [1.82, 2.24) is 20.5 Å². The van der Waals surface area contributed by atoms with Crippen LogP contribution in [0.5, 0.6) is 0 Å². The number of benzene rings is 1. The van der Waals surface area contributed by atoms with Gasteiger partial charge in [0, 0.05) is 29.5 Å². The standard InChI is InChI=1S/C28H32N6O2S/c1-28(2,3)19-7-8-21-17(12-19)11-18-14-24(37-27(18)33-21)26(36)32-23(15-29)16-5-4-6-20(13-16)31-25(35)22-9-10-30-34-22/h4-6,9-11,13-14,19,23H,7-8,12,15,29H2,1-3H3,(H,30,34)(H,31,35)(H,32,36)/t19-,23-/m1/s1. The van der Waals surface area contributed by atoms with E-state index in [1.807, 2.05) is 24.3 Å². The summed E-state index contributed by atoms with van der Waals surface area (Å²) in [6, 6.07) is 12.7. The van der Waals surface area contributed by atoms with Gasteiger partial charge in [-0.05, 0) is 72.1 Å². The number of carbonyl (C=O) groups is 2. The van der Waals surface area contributed by atoms with Crippen LogP contribution < -0.4 is 16.4 Å². The van der Waals surface area contributed by atoms with Crippen LogP contribution in [0, 0.1) is 11.3 Å². The molecule has 5 N–H and O–H groups in total. The van der Waals surface area contributed by atoms with Gasteiger partial charge in [0.05, 0.1) is 10.9 Å². The van der Waals surface area contributed by atoms with Crippen LogP contribution in [-0.4, -0.2) is 33.5 Å². The van der Waals surface area contributed by atoms with Crippen LogP contribution in [0.2, 0.25) is 0 Å². The number of H-pyrrole nitrogens is 1. The number of carbonyl (C=O) groups excluding carboxylic acids is 2. The molecule has 0 saturated carbocycles. The highest BCUT2D eigenvalue weighted by atomic mass is 32.1. The molecule has 0 spiro atoms. The first-order chi connectivity index (χ1) is 17.7. The average molecular weight is 517 g/mol. The monoisotopic (exact) mass is 516 g/mol. The van der Waals surface area contributed by atoms with Gasteiger partial charge < -0.3 is 16.4 Å². The minimum Gasteiger partial charge on any atom is -0.343 e. The van der Waals surface area contributed by atoms with Gasteiger partial charge in [-0.15, -0.1) is 11.3 Å². The van der Waals surface area contributed by atoms with E-state index in [0.717, 1.165) is 40.7 Å². The largest absolute Gasteiger partial charge is 0.343 e. The number of nitrogens with two attached hydrogens (primary N) is 1. The lowest BCUT2D eigenvalue weighted by Crippen LogP contribution is -2.33. The van der Waals surface area contributed by atoms with Crippen LogP contribution in [0.15, 0.2) is 48.7 Å². The lowest BCUT2D eigenvalue weighted by atomic mass is 9.71. The minimum absolute atomic E-state index is 0.184. The van der Waals surface area contributed by atoms with E-state index >= 15 is 0 Å². The van der Waals surface area contributed by atoms with Crippen molar-refractivity contribution in [1.29, 1.82) is 0 Å². The lowest BCUT2D eigenvalue weighted by Gasteiger charge is -2.34. The summed E-state index contributed by atoms with van der Waals surface area (Å²) in [5, 5.41) is 13.3. The van der Waals surface area contributed by atoms with Gasteiger partial charge in [-0.3, -0.25) is 14.7 Å². The average Bonchev–Trinajstić information content (AvgIpc) is 3.55. The summed E-state index contributed by atoms with van der Waals surface area (Å²) in [6.07, 6.45) is 4.68. The van der Waals surface area contributed by atoms with Crippen molar-refractivity contribution in [3.63, 3.8) is 0 Å². The fourth-order valence-electron chi connectivity index (χ4n) is 4.90. The van der Waals surface area contributed by atoms with Crippen LogP contribution in [0.4, 0.5) is 5.69 Å². The van der Waals surface area contributed by atoms with Crippen LogP contribution in [-0.2, 0) is 12.8 Å². The molecule has 0 aliphatic heterocycles. The van der Waals surface area contributed by atoms with Crippen molar-refractivity contribution in [2.45, 2.75) is 46.1 Å². The van der Waals surface area contributed by atoms with E-state index in [4.69, 9.17) is 10.7 Å². The van der Waals surface area contributed by atoms with Gasteiger partial charge in [0.1, 0.15) is 10.5 Å². The number of aryl methyl sites for hydroxylation is 1. The van der Waals surface area contributed by atoms with Gasteiger partial charge in [-0.2, -0.15) is 5.10 Å². The Bertz CT molecular complexity index is 1440. The van der Waals surface area contributed by atoms with E-state index in [0.29, 0.717) is 22.2 Å². The number of nitrogens with zero attached hydrogens (tertiary/aromatic N) is 2. The second kappa shape index (κ2) is 10.1. The number of aromatic amines is 1. The molecule has 4 aromatic rings. The predicted molar refractivity (Wildman–Crippen MR) is 147 cm³/mol. The summed E-state index contributed by atoms with van der Waals surface area (Å²) in [4.78, 5) is 32.0. The summed E-state index contributed by atoms with van der Waals surface area (Å²) in [6.45, 7) is 7.13. The Kier molecular flexibility index (Phi) is 6.83. The van der Waals surface area contributed by atoms with Gasteiger partial charge in [0.25, 0.3) is 11.8 Å². The molecule has 0 bridgehead atoms. The number of nitrogens with one attached hydrogen (secondary N) is 3. The third kappa shape index (κ3) is 5.42. The molecule has 1 aromatic carbocycles. The van der Waals surface area contributed by atoms with Crippen LogP contribution in [0.1, 0.15) is 70.2 Å². The fraction of sp³-hybridized carbons (Fsp3) is 0.357. The first-order valence-electron chi connectivity index (χ1n) is 12.5. The Balaban J connectivity index is 1.31. The number of aromatic nitrogens is 3. The summed E-state index contributed by atoms with van der Waals surface area (Å²) in [5.74, 6) is 0.152. The highest BCUT2D eigenvalue weighted by Gasteiger charge is 2.30. The van der Waals surface area contributed by atoms with Crippen molar-refractivity contribution in [3.05, 3.63) is 76.1 Å². The molecule has 0 saturated heterocycles. The maximum absolute atomic E-state index is 13.2. The smallest absolute Gasteiger partial charge is 0.273 e. The minimum atomic E-state index is -0.407. The second-order valence-electron chi connectivity index (χ2n) is 10.7. The van der Waals surface area contributed by atoms with Crippen LogP contribution in [0.25, 0.3) is 10.2 Å². The molecule has 3 heterocycles. The lowest BCUT2D eigenvalue weighted by molar-refractivity contribution is 0.0941. The molecule has 192 valence electrons. The zero-order valence-electron chi connectivity index (χ0n) is 21.3. The molecule has 0 unspecified atom stereocenters. The first-order valence-corrected chi connectivity index (χ1v) is 13.4. The topological polar surface area (TPSA) is 126 Å². The van der Waals surface area contributed by atoms with E-state index in [1.165, 1.54) is 23.1 Å². The van der Waals surface area contributed by atoms with Crippen molar-refractivity contribution < 1.29 is 9.59 Å². The summed E-state index contributed by atoms with van der Waals surface area (Å²) in [7, 11) is 0. The van der Waals surface area contributed by atoms with Gasteiger partial charge in [-0.1, -0.05) is 32.9 Å².